The van der Waals surface area contributed by atoms with Crippen LogP contribution in [-0.4, -0.2) is 28.5 Å². The highest BCUT2D eigenvalue weighted by Crippen LogP contribution is 1.90. The number of imide groups is 1. The fourth-order valence-corrected chi connectivity index (χ4v) is 0.496. The maximum Gasteiger partial charge on any atom is 0.343 e. The Balaban J connectivity index is 2.66. The van der Waals surface area contributed by atoms with Crippen molar-refractivity contribution in [1.29, 1.82) is 0 Å². The van der Waals surface area contributed by atoms with E-state index in [9.17, 15) is 9.59 Å². The van der Waals surface area contributed by atoms with Gasteiger partial charge in [-0.25, -0.2) is 20.4 Å². The Labute approximate surface area is 55.8 Å². The topological polar surface area (TPSA) is 108 Å². The Morgan fingerprint density at radius 3 is 2.70 bits per heavy atom. The van der Waals surface area contributed by atoms with E-state index in [1.54, 1.807) is 0 Å². The second-order valence-corrected chi connectivity index (χ2v) is 1.68. The maximum atomic E-state index is 10.5. The van der Waals surface area contributed by atoms with Crippen molar-refractivity contribution in [2.75, 3.05) is 0 Å². The molecule has 7 heteroatoms. The van der Waals surface area contributed by atoms with Crippen molar-refractivity contribution in [2.45, 2.75) is 6.35 Å². The van der Waals surface area contributed by atoms with Gasteiger partial charge < -0.3 is 5.11 Å². The van der Waals surface area contributed by atoms with Crippen LogP contribution in [0.2, 0.25) is 0 Å². The van der Waals surface area contributed by atoms with E-state index in [0.717, 1.165) is 0 Å². The Bertz CT molecular complexity index is 181. The molecular formula is C3H6N4O3. The zero-order chi connectivity index (χ0) is 7.72. The standard InChI is InChI=1S/C3H6N4O3/c4-7-2(9)5-1(8)6-3(7)10/h2,9H,4H2,(H2,5,6,8,10). The molecule has 1 saturated heterocycles. The molecule has 1 aliphatic rings. The molecule has 1 aliphatic heterocycles. The summed E-state index contributed by atoms with van der Waals surface area (Å²) < 4.78 is 0. The maximum absolute atomic E-state index is 10.5. The first-order valence-electron chi connectivity index (χ1n) is 2.45. The van der Waals surface area contributed by atoms with Gasteiger partial charge in [0.1, 0.15) is 0 Å². The van der Waals surface area contributed by atoms with Crippen LogP contribution < -0.4 is 16.5 Å². The molecule has 1 rings (SSSR count). The first-order chi connectivity index (χ1) is 4.61. The highest BCUT2D eigenvalue weighted by atomic mass is 16.3. The lowest BCUT2D eigenvalue weighted by atomic mass is 10.7. The van der Waals surface area contributed by atoms with E-state index in [1.165, 1.54) is 0 Å². The molecule has 5 N–H and O–H groups in total. The van der Waals surface area contributed by atoms with Crippen LogP contribution in [0.4, 0.5) is 9.59 Å². The highest BCUT2D eigenvalue weighted by molar-refractivity contribution is 5.95. The van der Waals surface area contributed by atoms with Crippen molar-refractivity contribution in [3.05, 3.63) is 0 Å². The van der Waals surface area contributed by atoms with Crippen LogP contribution in [0.1, 0.15) is 0 Å². The molecule has 0 bridgehead atoms. The molecule has 0 spiro atoms. The summed E-state index contributed by atoms with van der Waals surface area (Å²) in [6, 6.07) is -1.60. The molecule has 7 nitrogen and oxygen atoms in total. The van der Waals surface area contributed by atoms with Crippen LogP contribution in [0, 0.1) is 0 Å². The highest BCUT2D eigenvalue weighted by Gasteiger charge is 2.27. The number of nitrogens with zero attached hydrogens (tertiary/aromatic N) is 1. The van der Waals surface area contributed by atoms with Gasteiger partial charge in [-0.05, 0) is 0 Å². The molecule has 1 unspecified atom stereocenters. The molecular weight excluding hydrogens is 140 g/mol. The predicted octanol–water partition coefficient (Wildman–Crippen LogP) is -2.13. The number of urea groups is 2. The van der Waals surface area contributed by atoms with Crippen LogP contribution in [0.3, 0.4) is 0 Å². The van der Waals surface area contributed by atoms with Gasteiger partial charge in [0.05, 0.1) is 0 Å². The van der Waals surface area contributed by atoms with Crippen LogP contribution in [0.5, 0.6) is 0 Å². The minimum absolute atomic E-state index is 0.460. The minimum atomic E-state index is -1.44. The van der Waals surface area contributed by atoms with Gasteiger partial charge in [-0.15, -0.1) is 0 Å². The summed E-state index contributed by atoms with van der Waals surface area (Å²) in [6.07, 6.45) is -1.44. The van der Waals surface area contributed by atoms with Gasteiger partial charge in [0.25, 0.3) is 0 Å². The summed E-state index contributed by atoms with van der Waals surface area (Å²) in [5, 5.41) is 12.9. The van der Waals surface area contributed by atoms with E-state index in [2.05, 4.69) is 0 Å². The second-order valence-electron chi connectivity index (χ2n) is 1.68. The molecule has 56 valence electrons. The number of nitrogens with two attached hydrogens (primary N) is 1. The van der Waals surface area contributed by atoms with Crippen LogP contribution in [0.15, 0.2) is 0 Å². The summed E-state index contributed by atoms with van der Waals surface area (Å²) in [4.78, 5) is 20.8. The van der Waals surface area contributed by atoms with E-state index in [-0.39, 0.29) is 0 Å². The lowest BCUT2D eigenvalue weighted by Crippen LogP contribution is -2.65. The largest absolute Gasteiger partial charge is 0.355 e. The Morgan fingerprint density at radius 2 is 2.20 bits per heavy atom. The number of hydrazine groups is 1. The summed E-state index contributed by atoms with van der Waals surface area (Å²) >= 11 is 0. The average molecular weight is 146 g/mol. The van der Waals surface area contributed by atoms with Gasteiger partial charge in [-0.2, -0.15) is 0 Å². The van der Waals surface area contributed by atoms with E-state index >= 15 is 0 Å². The van der Waals surface area contributed by atoms with Gasteiger partial charge in [0, 0.05) is 0 Å². The second kappa shape index (κ2) is 2.12. The lowest BCUT2D eigenvalue weighted by Gasteiger charge is -2.27. The summed E-state index contributed by atoms with van der Waals surface area (Å²) in [7, 11) is 0. The van der Waals surface area contributed by atoms with Gasteiger partial charge in [-0.3, -0.25) is 10.6 Å². The van der Waals surface area contributed by atoms with Gasteiger partial charge in [0.15, 0.2) is 0 Å². The van der Waals surface area contributed by atoms with E-state index < -0.39 is 18.4 Å². The Hall–Kier alpha value is -1.34. The van der Waals surface area contributed by atoms with Crippen molar-refractivity contribution in [2.24, 2.45) is 5.84 Å². The first-order valence-corrected chi connectivity index (χ1v) is 2.45. The molecule has 0 aliphatic carbocycles. The molecule has 10 heavy (non-hydrogen) atoms. The predicted molar refractivity (Wildman–Crippen MR) is 29.1 cm³/mol. The smallest absolute Gasteiger partial charge is 0.343 e. The first kappa shape index (κ1) is 6.78. The molecule has 0 radical (unpaired) electrons. The normalized spacial score (nSPS) is 25.8. The number of aliphatic hydroxyl groups excluding tert-OH is 1. The van der Waals surface area contributed by atoms with Crippen molar-refractivity contribution in [3.8, 4) is 0 Å². The summed E-state index contributed by atoms with van der Waals surface area (Å²) in [5.74, 6) is 4.94. The number of carbonyl (C=O) groups is 2. The lowest BCUT2D eigenvalue weighted by molar-refractivity contribution is 0.00419. The van der Waals surface area contributed by atoms with Gasteiger partial charge in [-0.1, -0.05) is 0 Å². The quantitative estimate of drug-likeness (QED) is 0.231. The fraction of sp³-hybridized carbons (Fsp3) is 0.333. The number of hydrogen-bond donors (Lipinski definition) is 4. The van der Waals surface area contributed by atoms with Crippen molar-refractivity contribution in [1.82, 2.24) is 15.6 Å². The summed E-state index contributed by atoms with van der Waals surface area (Å²) in [5.41, 5.74) is 0. The SMILES string of the molecule is NN1C(=O)NC(=O)NC1O. The third-order valence-electron chi connectivity index (χ3n) is 0.979. The Kier molecular flexibility index (Phi) is 1.44. The number of aliphatic hydroxyl groups is 1. The molecule has 1 atom stereocenters. The molecule has 0 saturated carbocycles. The number of carbonyl (C=O) groups excluding carboxylic acids is 2. The molecule has 0 aromatic carbocycles. The molecule has 0 aromatic rings. The minimum Gasteiger partial charge on any atom is -0.355 e. The number of amides is 4. The fourth-order valence-electron chi connectivity index (χ4n) is 0.496. The van der Waals surface area contributed by atoms with Crippen molar-refractivity contribution in [3.63, 3.8) is 0 Å². The van der Waals surface area contributed by atoms with Crippen molar-refractivity contribution >= 4 is 12.1 Å². The van der Waals surface area contributed by atoms with Crippen LogP contribution in [0.25, 0.3) is 0 Å². The van der Waals surface area contributed by atoms with Crippen LogP contribution >= 0.6 is 0 Å². The monoisotopic (exact) mass is 146 g/mol. The zero-order valence-electron chi connectivity index (χ0n) is 4.87. The Morgan fingerprint density at radius 1 is 1.60 bits per heavy atom. The third-order valence-corrected chi connectivity index (χ3v) is 0.979. The molecule has 0 aromatic heterocycles. The average Bonchev–Trinajstić information content (AvgIpc) is 1.82. The number of rotatable bonds is 0. The molecule has 1 fully saturated rings. The van der Waals surface area contributed by atoms with E-state index in [1.807, 2.05) is 10.6 Å². The summed E-state index contributed by atoms with van der Waals surface area (Å²) in [6.45, 7) is 0. The van der Waals surface area contributed by atoms with Crippen LogP contribution in [-0.2, 0) is 0 Å². The van der Waals surface area contributed by atoms with Gasteiger partial charge >= 0.3 is 12.1 Å². The van der Waals surface area contributed by atoms with Gasteiger partial charge in [0.2, 0.25) is 6.35 Å². The molecule has 1 heterocycles. The van der Waals surface area contributed by atoms with E-state index in [4.69, 9.17) is 10.9 Å². The third kappa shape index (κ3) is 0.993. The zero-order valence-corrected chi connectivity index (χ0v) is 4.87. The van der Waals surface area contributed by atoms with Crippen molar-refractivity contribution < 1.29 is 14.7 Å². The number of nitrogens with one attached hydrogen (secondary N) is 2. The number of hydrogen-bond acceptors (Lipinski definition) is 4. The molecule has 4 amide bonds. The van der Waals surface area contributed by atoms with E-state index in [0.29, 0.717) is 5.01 Å².